The zero-order valence-corrected chi connectivity index (χ0v) is 8.32. The highest BCUT2D eigenvalue weighted by molar-refractivity contribution is 5.01. The second-order valence-electron chi connectivity index (χ2n) is 3.63. The molecule has 0 amide bonds. The minimum Gasteiger partial charge on any atom is -0.315 e. The van der Waals surface area contributed by atoms with E-state index in [-0.39, 0.29) is 0 Å². The first-order valence-electron chi connectivity index (χ1n) is 5.12. The predicted octanol–water partition coefficient (Wildman–Crippen LogP) is 0.272. The van der Waals surface area contributed by atoms with Crippen molar-refractivity contribution in [2.24, 2.45) is 0 Å². The zero-order chi connectivity index (χ0) is 9.64. The summed E-state index contributed by atoms with van der Waals surface area (Å²) in [6.07, 6.45) is 6.60. The molecule has 1 aliphatic rings. The van der Waals surface area contributed by atoms with Crippen molar-refractivity contribution in [2.75, 3.05) is 26.2 Å². The van der Waals surface area contributed by atoms with Crippen LogP contribution in [-0.4, -0.2) is 41.0 Å². The van der Waals surface area contributed by atoms with Crippen molar-refractivity contribution in [3.8, 4) is 0 Å². The van der Waals surface area contributed by atoms with Crippen LogP contribution in [0, 0.1) is 0 Å². The molecule has 0 aliphatic carbocycles. The van der Waals surface area contributed by atoms with Crippen molar-refractivity contribution in [1.29, 1.82) is 0 Å². The van der Waals surface area contributed by atoms with Crippen LogP contribution in [0.3, 0.4) is 0 Å². The topological polar surface area (TPSA) is 41.1 Å². The Bertz CT molecular complexity index is 254. The van der Waals surface area contributed by atoms with E-state index < -0.39 is 0 Å². The van der Waals surface area contributed by atoms with Crippen molar-refractivity contribution in [3.63, 3.8) is 0 Å². The molecule has 0 spiro atoms. The third-order valence-electron chi connectivity index (χ3n) is 2.45. The fourth-order valence-electron chi connectivity index (χ4n) is 1.73. The number of nitrogens with one attached hydrogen (secondary N) is 1. The summed E-state index contributed by atoms with van der Waals surface area (Å²) in [6.45, 7) is 5.49. The minimum atomic E-state index is 0.975. The lowest BCUT2D eigenvalue weighted by Crippen LogP contribution is -2.27. The van der Waals surface area contributed by atoms with E-state index in [9.17, 15) is 0 Å². The molecule has 0 unspecified atom stereocenters. The maximum absolute atomic E-state index is 4.02. The lowest BCUT2D eigenvalue weighted by atomic mass is 10.3. The van der Waals surface area contributed by atoms with Gasteiger partial charge in [0, 0.05) is 37.6 Å². The van der Waals surface area contributed by atoms with Crippen molar-refractivity contribution in [2.45, 2.75) is 13.0 Å². The van der Waals surface area contributed by atoms with Crippen molar-refractivity contribution >= 4 is 0 Å². The quantitative estimate of drug-likeness (QED) is 0.730. The monoisotopic (exact) mass is 192 g/mol. The van der Waals surface area contributed by atoms with Crippen LogP contribution >= 0.6 is 0 Å². The summed E-state index contributed by atoms with van der Waals surface area (Å²) >= 11 is 0. The lowest BCUT2D eigenvalue weighted by Gasteiger charge is -2.18. The van der Waals surface area contributed by atoms with Gasteiger partial charge in [-0.1, -0.05) is 0 Å². The van der Waals surface area contributed by atoms with E-state index in [2.05, 4.69) is 20.2 Å². The molecule has 2 heterocycles. The molecule has 0 bridgehead atoms. The Hall–Kier alpha value is -1.00. The molecule has 0 radical (unpaired) electrons. The van der Waals surface area contributed by atoms with Crippen LogP contribution in [0.1, 0.15) is 12.0 Å². The van der Waals surface area contributed by atoms with Gasteiger partial charge in [-0.25, -0.2) is 9.97 Å². The summed E-state index contributed by atoms with van der Waals surface area (Å²) in [6, 6.07) is 0. The summed E-state index contributed by atoms with van der Waals surface area (Å²) in [5.74, 6) is 0. The van der Waals surface area contributed by atoms with Crippen LogP contribution in [0.15, 0.2) is 18.7 Å². The van der Waals surface area contributed by atoms with E-state index in [0.717, 1.165) is 26.2 Å². The first-order valence-corrected chi connectivity index (χ1v) is 5.12. The van der Waals surface area contributed by atoms with Crippen molar-refractivity contribution in [3.05, 3.63) is 24.3 Å². The number of nitrogens with zero attached hydrogens (tertiary/aromatic N) is 3. The normalized spacial score (nSPS) is 19.1. The first kappa shape index (κ1) is 9.55. The van der Waals surface area contributed by atoms with E-state index in [0.29, 0.717) is 0 Å². The maximum atomic E-state index is 4.02. The summed E-state index contributed by atoms with van der Waals surface area (Å²) in [4.78, 5) is 10.5. The highest BCUT2D eigenvalue weighted by atomic mass is 15.1. The minimum absolute atomic E-state index is 0.975. The Labute approximate surface area is 84.4 Å². The van der Waals surface area contributed by atoms with Gasteiger partial charge in [0.15, 0.2) is 0 Å². The van der Waals surface area contributed by atoms with Gasteiger partial charge < -0.3 is 5.32 Å². The predicted molar refractivity (Wildman–Crippen MR) is 54.8 cm³/mol. The molecule has 0 saturated carbocycles. The zero-order valence-electron chi connectivity index (χ0n) is 8.32. The highest BCUT2D eigenvalue weighted by Crippen LogP contribution is 2.03. The van der Waals surface area contributed by atoms with Crippen molar-refractivity contribution in [1.82, 2.24) is 20.2 Å². The molecular formula is C10H16N4. The number of hydrogen-bond donors (Lipinski definition) is 1. The van der Waals surface area contributed by atoms with E-state index >= 15 is 0 Å². The lowest BCUT2D eigenvalue weighted by molar-refractivity contribution is 0.284. The standard InChI is InChI=1S/C10H16N4/c1-2-11-3-5-14(4-1)8-10-6-12-9-13-7-10/h6-7,9,11H,1-5,8H2. The number of aromatic nitrogens is 2. The molecule has 4 nitrogen and oxygen atoms in total. The van der Waals surface area contributed by atoms with Crippen LogP contribution in [0.2, 0.25) is 0 Å². The van der Waals surface area contributed by atoms with Gasteiger partial charge in [0.1, 0.15) is 6.33 Å². The molecule has 0 atom stereocenters. The van der Waals surface area contributed by atoms with Gasteiger partial charge in [0.05, 0.1) is 0 Å². The molecule has 1 fully saturated rings. The smallest absolute Gasteiger partial charge is 0.115 e. The third-order valence-corrected chi connectivity index (χ3v) is 2.45. The molecule has 1 aliphatic heterocycles. The Balaban J connectivity index is 1.90. The Kier molecular flexibility index (Phi) is 3.43. The average molecular weight is 192 g/mol. The number of hydrogen-bond acceptors (Lipinski definition) is 4. The van der Waals surface area contributed by atoms with E-state index in [1.165, 1.54) is 18.5 Å². The summed E-state index contributed by atoms with van der Waals surface area (Å²) < 4.78 is 0. The molecule has 1 N–H and O–H groups in total. The SMILES string of the molecule is c1ncc(CN2CCCNCC2)cn1. The highest BCUT2D eigenvalue weighted by Gasteiger charge is 2.08. The molecule has 14 heavy (non-hydrogen) atoms. The molecule has 2 rings (SSSR count). The van der Waals surface area contributed by atoms with Crippen LogP contribution in [0.25, 0.3) is 0 Å². The Morgan fingerprint density at radius 1 is 1.21 bits per heavy atom. The van der Waals surface area contributed by atoms with E-state index in [1.54, 1.807) is 6.33 Å². The molecule has 76 valence electrons. The molecule has 1 aromatic rings. The molecule has 1 saturated heterocycles. The Morgan fingerprint density at radius 2 is 2.07 bits per heavy atom. The molecular weight excluding hydrogens is 176 g/mol. The second-order valence-corrected chi connectivity index (χ2v) is 3.63. The maximum Gasteiger partial charge on any atom is 0.115 e. The summed E-state index contributed by atoms with van der Waals surface area (Å²) in [5, 5.41) is 3.39. The van der Waals surface area contributed by atoms with Gasteiger partial charge >= 0.3 is 0 Å². The average Bonchev–Trinajstić information content (AvgIpc) is 2.48. The first-order chi connectivity index (χ1) is 6.95. The Morgan fingerprint density at radius 3 is 2.93 bits per heavy atom. The summed E-state index contributed by atoms with van der Waals surface area (Å²) in [7, 11) is 0. The third kappa shape index (κ3) is 2.75. The molecule has 4 heteroatoms. The number of rotatable bonds is 2. The largest absolute Gasteiger partial charge is 0.315 e. The van der Waals surface area contributed by atoms with Crippen LogP contribution in [-0.2, 0) is 6.54 Å². The fourth-order valence-corrected chi connectivity index (χ4v) is 1.73. The van der Waals surface area contributed by atoms with Crippen molar-refractivity contribution < 1.29 is 0 Å². The van der Waals surface area contributed by atoms with Crippen LogP contribution < -0.4 is 5.32 Å². The fraction of sp³-hybridized carbons (Fsp3) is 0.600. The second kappa shape index (κ2) is 5.02. The van der Waals surface area contributed by atoms with Gasteiger partial charge in [-0.05, 0) is 19.5 Å². The van der Waals surface area contributed by atoms with Crippen LogP contribution in [0.4, 0.5) is 0 Å². The van der Waals surface area contributed by atoms with Gasteiger partial charge in [0.25, 0.3) is 0 Å². The van der Waals surface area contributed by atoms with Gasteiger partial charge in [-0.15, -0.1) is 0 Å². The van der Waals surface area contributed by atoms with Crippen LogP contribution in [0.5, 0.6) is 0 Å². The van der Waals surface area contributed by atoms with Gasteiger partial charge in [-0.3, -0.25) is 4.90 Å². The van der Waals surface area contributed by atoms with E-state index in [4.69, 9.17) is 0 Å². The molecule has 1 aromatic heterocycles. The van der Waals surface area contributed by atoms with Gasteiger partial charge in [-0.2, -0.15) is 0 Å². The molecule has 0 aromatic carbocycles. The van der Waals surface area contributed by atoms with Gasteiger partial charge in [0.2, 0.25) is 0 Å². The van der Waals surface area contributed by atoms with E-state index in [1.807, 2.05) is 12.4 Å². The summed E-state index contributed by atoms with van der Waals surface area (Å²) in [5.41, 5.74) is 1.20.